The Labute approximate surface area is 99.0 Å². The first kappa shape index (κ1) is 11.9. The van der Waals surface area contributed by atoms with Crippen LogP contribution in [-0.2, 0) is 6.54 Å². The minimum Gasteiger partial charge on any atom is -0.373 e. The number of nitro groups is 1. The van der Waals surface area contributed by atoms with E-state index in [1.807, 2.05) is 0 Å². The molecule has 18 heavy (non-hydrogen) atoms. The van der Waals surface area contributed by atoms with Gasteiger partial charge in [0.15, 0.2) is 11.6 Å². The predicted molar refractivity (Wildman–Crippen MR) is 56.7 cm³/mol. The highest BCUT2D eigenvalue weighted by molar-refractivity contribution is 5.51. The Kier molecular flexibility index (Phi) is 3.13. The number of aromatic nitrogens is 3. The largest absolute Gasteiger partial charge is 0.373 e. The van der Waals surface area contributed by atoms with Crippen molar-refractivity contribution in [3.8, 4) is 0 Å². The number of rotatable bonds is 4. The van der Waals surface area contributed by atoms with Gasteiger partial charge in [-0.25, -0.2) is 13.8 Å². The molecule has 2 aromatic rings. The number of hydrogen-bond acceptors (Lipinski definition) is 5. The summed E-state index contributed by atoms with van der Waals surface area (Å²) in [7, 11) is 0. The topological polar surface area (TPSA) is 96.7 Å². The monoisotopic (exact) mass is 255 g/mol. The summed E-state index contributed by atoms with van der Waals surface area (Å²) >= 11 is 0. The Morgan fingerprint density at radius 3 is 2.56 bits per heavy atom. The third-order valence-electron chi connectivity index (χ3n) is 2.14. The Balaban J connectivity index is 2.20. The van der Waals surface area contributed by atoms with E-state index in [1.54, 1.807) is 0 Å². The predicted octanol–water partition coefficient (Wildman–Crippen LogP) is 1.60. The number of anilines is 1. The van der Waals surface area contributed by atoms with Gasteiger partial charge in [-0.1, -0.05) is 0 Å². The summed E-state index contributed by atoms with van der Waals surface area (Å²) in [4.78, 5) is 13.3. The van der Waals surface area contributed by atoms with E-state index in [1.165, 1.54) is 6.33 Å². The van der Waals surface area contributed by atoms with Gasteiger partial charge in [0.25, 0.3) is 5.69 Å². The summed E-state index contributed by atoms with van der Waals surface area (Å²) in [6.07, 6.45) is 1.25. The molecule has 0 bridgehead atoms. The number of nitro benzene ring substituents is 1. The van der Waals surface area contributed by atoms with Crippen LogP contribution in [0.5, 0.6) is 0 Å². The van der Waals surface area contributed by atoms with Crippen molar-refractivity contribution >= 4 is 11.4 Å². The molecule has 0 spiro atoms. The average Bonchev–Trinajstić information content (AvgIpc) is 2.80. The maximum atomic E-state index is 13.4. The number of aromatic amines is 1. The van der Waals surface area contributed by atoms with Crippen LogP contribution in [0.1, 0.15) is 5.82 Å². The van der Waals surface area contributed by atoms with Gasteiger partial charge in [0, 0.05) is 0 Å². The fourth-order valence-electron chi connectivity index (χ4n) is 1.32. The van der Waals surface area contributed by atoms with Crippen molar-refractivity contribution < 1.29 is 13.7 Å². The van der Waals surface area contributed by atoms with Crippen LogP contribution < -0.4 is 5.32 Å². The van der Waals surface area contributed by atoms with Crippen molar-refractivity contribution in [2.45, 2.75) is 6.54 Å². The summed E-state index contributed by atoms with van der Waals surface area (Å²) in [5, 5.41) is 18.9. The van der Waals surface area contributed by atoms with Gasteiger partial charge in [-0.2, -0.15) is 5.10 Å². The molecule has 0 unspecified atom stereocenters. The van der Waals surface area contributed by atoms with Crippen LogP contribution in [0.15, 0.2) is 18.5 Å². The normalized spacial score (nSPS) is 10.3. The van der Waals surface area contributed by atoms with Gasteiger partial charge >= 0.3 is 0 Å². The van der Waals surface area contributed by atoms with Crippen molar-refractivity contribution in [1.29, 1.82) is 0 Å². The van der Waals surface area contributed by atoms with E-state index in [9.17, 15) is 18.9 Å². The third kappa shape index (κ3) is 2.39. The van der Waals surface area contributed by atoms with E-state index in [4.69, 9.17) is 0 Å². The van der Waals surface area contributed by atoms with Gasteiger partial charge in [-0.15, -0.1) is 0 Å². The summed E-state index contributed by atoms with van der Waals surface area (Å²) in [6.45, 7) is 0.0195. The smallest absolute Gasteiger partial charge is 0.275 e. The molecular weight excluding hydrogens is 248 g/mol. The SMILES string of the molecule is O=[N+]([O-])c1cc(F)c(NCc2ncn[nH]2)c(F)c1. The average molecular weight is 255 g/mol. The molecule has 94 valence electrons. The zero-order valence-corrected chi connectivity index (χ0v) is 8.85. The van der Waals surface area contributed by atoms with E-state index in [2.05, 4.69) is 20.5 Å². The van der Waals surface area contributed by atoms with Crippen LogP contribution in [0.2, 0.25) is 0 Å². The van der Waals surface area contributed by atoms with Crippen molar-refractivity contribution in [3.05, 3.63) is 46.0 Å². The highest BCUT2D eigenvalue weighted by Crippen LogP contribution is 2.24. The highest BCUT2D eigenvalue weighted by atomic mass is 19.1. The molecule has 2 rings (SSSR count). The van der Waals surface area contributed by atoms with Crippen LogP contribution >= 0.6 is 0 Å². The molecule has 0 radical (unpaired) electrons. The minimum absolute atomic E-state index is 0.0195. The van der Waals surface area contributed by atoms with Crippen LogP contribution in [0.4, 0.5) is 20.2 Å². The van der Waals surface area contributed by atoms with Crippen molar-refractivity contribution in [1.82, 2.24) is 15.2 Å². The minimum atomic E-state index is -1.04. The van der Waals surface area contributed by atoms with Crippen molar-refractivity contribution in [3.63, 3.8) is 0 Å². The second-order valence-corrected chi connectivity index (χ2v) is 3.33. The summed E-state index contributed by atoms with van der Waals surface area (Å²) in [6, 6.07) is 1.29. The number of nitrogens with zero attached hydrogens (tertiary/aromatic N) is 3. The number of nitrogens with one attached hydrogen (secondary N) is 2. The first-order valence-electron chi connectivity index (χ1n) is 4.79. The van der Waals surface area contributed by atoms with E-state index < -0.39 is 27.9 Å². The number of H-pyrrole nitrogens is 1. The lowest BCUT2D eigenvalue weighted by Crippen LogP contribution is -2.06. The number of hydrogen-bond donors (Lipinski definition) is 2. The molecule has 2 N–H and O–H groups in total. The van der Waals surface area contributed by atoms with Gasteiger partial charge in [-0.3, -0.25) is 15.2 Å². The summed E-state index contributed by atoms with van der Waals surface area (Å²) in [5.41, 5.74) is -1.09. The second-order valence-electron chi connectivity index (χ2n) is 3.33. The maximum absolute atomic E-state index is 13.4. The molecule has 0 aliphatic carbocycles. The molecule has 0 fully saturated rings. The Morgan fingerprint density at radius 2 is 2.06 bits per heavy atom. The Hall–Kier alpha value is -2.58. The number of halogens is 2. The summed E-state index contributed by atoms with van der Waals surface area (Å²) < 4.78 is 26.9. The molecule has 1 aromatic carbocycles. The molecule has 0 aliphatic rings. The molecule has 0 amide bonds. The van der Waals surface area contributed by atoms with Crippen LogP contribution in [0.3, 0.4) is 0 Å². The number of non-ortho nitro benzene ring substituents is 1. The highest BCUT2D eigenvalue weighted by Gasteiger charge is 2.16. The first-order chi connectivity index (χ1) is 8.58. The second kappa shape index (κ2) is 4.73. The van der Waals surface area contributed by atoms with Crippen molar-refractivity contribution in [2.24, 2.45) is 0 Å². The van der Waals surface area contributed by atoms with Crippen LogP contribution in [-0.4, -0.2) is 20.1 Å². The lowest BCUT2D eigenvalue weighted by molar-refractivity contribution is -0.385. The molecule has 9 heteroatoms. The first-order valence-corrected chi connectivity index (χ1v) is 4.79. The van der Waals surface area contributed by atoms with Gasteiger partial charge < -0.3 is 5.32 Å². The molecule has 7 nitrogen and oxygen atoms in total. The molecule has 1 aromatic heterocycles. The van der Waals surface area contributed by atoms with Gasteiger partial charge in [0.2, 0.25) is 0 Å². The van der Waals surface area contributed by atoms with E-state index in [0.29, 0.717) is 18.0 Å². The summed E-state index contributed by atoms with van der Waals surface area (Å²) in [5.74, 6) is -1.70. The van der Waals surface area contributed by atoms with E-state index in [0.717, 1.165) is 0 Å². The van der Waals surface area contributed by atoms with Crippen LogP contribution in [0.25, 0.3) is 0 Å². The number of benzene rings is 1. The quantitative estimate of drug-likeness (QED) is 0.638. The zero-order valence-electron chi connectivity index (χ0n) is 8.85. The van der Waals surface area contributed by atoms with E-state index >= 15 is 0 Å². The fourth-order valence-corrected chi connectivity index (χ4v) is 1.32. The third-order valence-corrected chi connectivity index (χ3v) is 2.14. The molecule has 0 atom stereocenters. The van der Waals surface area contributed by atoms with Crippen LogP contribution in [0, 0.1) is 21.7 Å². The Bertz CT molecular complexity index is 549. The van der Waals surface area contributed by atoms with Crippen molar-refractivity contribution in [2.75, 3.05) is 5.32 Å². The lowest BCUT2D eigenvalue weighted by Gasteiger charge is -2.06. The standard InChI is InChI=1S/C9H7F2N5O2/c10-6-1-5(16(17)18)2-7(11)9(6)12-3-8-13-4-14-15-8/h1-2,4,12H,3H2,(H,13,14,15). The van der Waals surface area contributed by atoms with Gasteiger partial charge in [-0.05, 0) is 0 Å². The zero-order chi connectivity index (χ0) is 13.1. The van der Waals surface area contributed by atoms with E-state index in [-0.39, 0.29) is 6.54 Å². The molecule has 0 saturated heterocycles. The lowest BCUT2D eigenvalue weighted by atomic mass is 10.2. The van der Waals surface area contributed by atoms with Gasteiger partial charge in [0.05, 0.1) is 23.6 Å². The maximum Gasteiger partial charge on any atom is 0.275 e. The molecule has 0 aliphatic heterocycles. The Morgan fingerprint density at radius 1 is 1.39 bits per heavy atom. The van der Waals surface area contributed by atoms with Gasteiger partial charge in [0.1, 0.15) is 17.8 Å². The molecule has 0 saturated carbocycles. The fraction of sp³-hybridized carbons (Fsp3) is 0.111. The molecular formula is C9H7F2N5O2. The molecule has 1 heterocycles.